The lowest BCUT2D eigenvalue weighted by Crippen LogP contribution is -2.47. The average Bonchev–Trinajstić information content (AvgIpc) is 1.76. The summed E-state index contributed by atoms with van der Waals surface area (Å²) < 4.78 is 4.81. The minimum absolute atomic E-state index is 0.129. The first-order valence-corrected chi connectivity index (χ1v) is 37.4. The van der Waals surface area contributed by atoms with Gasteiger partial charge in [-0.2, -0.15) is 0 Å². The number of ketones is 4. The van der Waals surface area contributed by atoms with Gasteiger partial charge in [0, 0.05) is 121 Å². The Labute approximate surface area is 566 Å². The van der Waals surface area contributed by atoms with Gasteiger partial charge in [-0.05, 0) is 290 Å². The molecule has 10 aliphatic carbocycles. The van der Waals surface area contributed by atoms with Gasteiger partial charge >= 0.3 is 5.97 Å². The van der Waals surface area contributed by atoms with Crippen molar-refractivity contribution < 1.29 is 33.9 Å². The van der Waals surface area contributed by atoms with Crippen molar-refractivity contribution in [1.29, 1.82) is 0 Å². The summed E-state index contributed by atoms with van der Waals surface area (Å²) in [5, 5.41) is 14.2. The Hall–Kier alpha value is -6.02. The van der Waals surface area contributed by atoms with Gasteiger partial charge in [0.05, 0.1) is 0 Å². The number of nitrogens with two attached hydrogens (primary N) is 1. The van der Waals surface area contributed by atoms with Gasteiger partial charge in [0.25, 0.3) is 0 Å². The molecule has 95 heavy (non-hydrogen) atoms. The van der Waals surface area contributed by atoms with Crippen LogP contribution in [0.2, 0.25) is 0 Å². The van der Waals surface area contributed by atoms with Crippen LogP contribution in [-0.2, 0) is 19.2 Å². The molecule has 512 valence electrons. The Balaban J connectivity index is 0.000000156. The molecule has 0 spiro atoms. The summed E-state index contributed by atoms with van der Waals surface area (Å²) >= 11 is 0. The predicted molar refractivity (Wildman–Crippen MR) is 380 cm³/mol. The highest BCUT2D eigenvalue weighted by molar-refractivity contribution is 6.11. The third-order valence-electron chi connectivity index (χ3n) is 25.8. The van der Waals surface area contributed by atoms with E-state index in [-0.39, 0.29) is 35.1 Å². The van der Waals surface area contributed by atoms with Gasteiger partial charge in [0.15, 0.2) is 23.1 Å². The molecule has 2 aromatic heterocycles. The van der Waals surface area contributed by atoms with Crippen molar-refractivity contribution in [2.45, 2.75) is 209 Å². The molecule has 2 saturated heterocycles. The smallest absolute Gasteiger partial charge is 0.303 e. The lowest BCUT2D eigenvalue weighted by atomic mass is 9.51. The Morgan fingerprint density at radius 1 is 0.537 bits per heavy atom. The SMILES string of the molecule is CC1=CC(C)=C(CCC(=O)c2c(C)n([C@@H](C)C3CCN(CCN)CC3)c3ccccc23)C(=O)C1.CC1=CC(C)=C(CCC(=O)c2c(C)n([C@@H](C)C3CCN(CCNC(=O)CC4C5CC6CC(C5)CC4C6)CC3)c3ccccc23)C(=O)C1.O=C(O)CC1C2CC3CC(C2)CC1C3. The van der Waals surface area contributed by atoms with Gasteiger partial charge in [-0.25, -0.2) is 0 Å². The molecule has 0 unspecified atom stereocenters. The van der Waals surface area contributed by atoms with E-state index in [1.807, 2.05) is 39.8 Å². The molecule has 4 heterocycles. The summed E-state index contributed by atoms with van der Waals surface area (Å²) in [6.07, 6.45) is 26.4. The number of aromatic nitrogens is 2. The summed E-state index contributed by atoms with van der Waals surface area (Å²) in [5.74, 6) is 9.54. The molecule has 4 aromatic rings. The number of carbonyl (C=O) groups excluding carboxylic acids is 5. The van der Waals surface area contributed by atoms with Crippen LogP contribution in [-0.4, -0.2) is 111 Å². The van der Waals surface area contributed by atoms with Crippen LogP contribution in [0, 0.1) is 84.9 Å². The highest BCUT2D eigenvalue weighted by atomic mass is 16.4. The number of hydrogen-bond donors (Lipinski definition) is 3. The van der Waals surface area contributed by atoms with E-state index in [0.717, 1.165) is 203 Å². The van der Waals surface area contributed by atoms with Crippen molar-refractivity contribution in [3.05, 3.63) is 117 Å². The number of Topliss-reactive ketones (excluding diaryl/α,β-unsaturated/α-hetero) is 4. The maximum Gasteiger partial charge on any atom is 0.303 e. The fraction of sp³-hybridized carbons (Fsp3) is 0.634. The van der Waals surface area contributed by atoms with Gasteiger partial charge in [0.1, 0.15) is 0 Å². The first kappa shape index (κ1) is 68.9. The molecule has 2 atom stereocenters. The van der Waals surface area contributed by atoms with Gasteiger partial charge in [-0.1, -0.05) is 59.7 Å². The summed E-state index contributed by atoms with van der Waals surface area (Å²) in [7, 11) is 0. The number of aliphatic carboxylic acids is 1. The van der Waals surface area contributed by atoms with Crippen LogP contribution in [0.4, 0.5) is 0 Å². The van der Waals surface area contributed by atoms with Crippen molar-refractivity contribution in [3.63, 3.8) is 0 Å². The van der Waals surface area contributed by atoms with Crippen molar-refractivity contribution in [3.8, 4) is 0 Å². The zero-order valence-corrected chi connectivity index (χ0v) is 58.8. The van der Waals surface area contributed by atoms with Gasteiger partial charge in [-0.3, -0.25) is 28.8 Å². The van der Waals surface area contributed by atoms with Crippen LogP contribution in [0.15, 0.2) is 94.1 Å². The molecule has 10 fully saturated rings. The second-order valence-electron chi connectivity index (χ2n) is 32.0. The Kier molecular flexibility index (Phi) is 21.8. The number of likely N-dealkylation sites (tertiary alicyclic amines) is 2. The first-order valence-electron chi connectivity index (χ1n) is 37.4. The number of nitrogens with one attached hydrogen (secondary N) is 1. The normalized spacial score (nSPS) is 28.3. The Morgan fingerprint density at radius 2 is 0.916 bits per heavy atom. The van der Waals surface area contributed by atoms with Crippen molar-refractivity contribution >= 4 is 56.8 Å². The van der Waals surface area contributed by atoms with E-state index in [9.17, 15) is 28.8 Å². The number of para-hydroxylation sites is 2. The second kappa shape index (κ2) is 30.0. The number of piperidine rings is 2. The van der Waals surface area contributed by atoms with Crippen molar-refractivity contribution in [2.24, 2.45) is 76.7 Å². The molecule has 16 rings (SSSR count). The molecule has 8 bridgehead atoms. The maximum atomic E-state index is 13.8. The molecule has 13 heteroatoms. The molecule has 13 nitrogen and oxygen atoms in total. The van der Waals surface area contributed by atoms with Crippen molar-refractivity contribution in [1.82, 2.24) is 24.3 Å². The molecule has 0 radical (unpaired) electrons. The first-order chi connectivity index (χ1) is 45.7. The molecule has 12 aliphatic rings. The lowest BCUT2D eigenvalue weighted by molar-refractivity contribution is -0.142. The Bertz CT molecular complexity index is 3610. The van der Waals surface area contributed by atoms with Crippen LogP contribution in [0.25, 0.3) is 21.8 Å². The number of carboxylic acid groups (broad SMARTS) is 1. The number of fused-ring (bicyclic) bond motifs is 2. The topological polar surface area (TPSA) is 177 Å². The highest BCUT2D eigenvalue weighted by Crippen LogP contribution is 2.59. The van der Waals surface area contributed by atoms with Crippen LogP contribution in [0.3, 0.4) is 0 Å². The number of benzene rings is 2. The number of allylic oxidation sites excluding steroid dienone is 8. The number of amides is 1. The van der Waals surface area contributed by atoms with E-state index < -0.39 is 5.97 Å². The van der Waals surface area contributed by atoms with E-state index in [4.69, 9.17) is 10.8 Å². The predicted octanol–water partition coefficient (Wildman–Crippen LogP) is 15.9. The van der Waals surface area contributed by atoms with E-state index in [1.54, 1.807) is 0 Å². The minimum Gasteiger partial charge on any atom is -0.481 e. The van der Waals surface area contributed by atoms with Gasteiger partial charge in [0.2, 0.25) is 5.91 Å². The number of nitrogens with zero attached hydrogens (tertiary/aromatic N) is 4. The summed E-state index contributed by atoms with van der Waals surface area (Å²) in [5.41, 5.74) is 17.6. The van der Waals surface area contributed by atoms with E-state index >= 15 is 0 Å². The molecular weight excluding hydrogens is 1180 g/mol. The summed E-state index contributed by atoms with van der Waals surface area (Å²) in [6.45, 7) is 24.4. The van der Waals surface area contributed by atoms with Crippen LogP contribution in [0.1, 0.15) is 227 Å². The standard InChI is InChI=1S/C41H55N3O3.C29H39N3O2.C12H18O2/c1-25-17-26(2)34(39(46)18-25)9-10-38(45)41-28(4)44(37-8-6-5-7-35(37)41)27(3)31-11-14-43(15-12-31)16-13-42-40(47)24-36-32-20-29-19-30(22-32)23-33(36)21-29;1-19-17-20(2)24(28(34)18-19)9-10-27(33)29-22(4)32(26-8-6-5-7-25(26)29)21(3)23-11-14-31(15-12-23)16-13-30;13-12(14)6-11-9-2-7-1-8(4-9)5-10(11)3-7/h5-8,17,27,29-33,36H,9-16,18-24H2,1-4H3,(H,42,47);5-8,17,21,23H,9-16,18,30H2,1-4H3;7-11H,1-6H2,(H,13,14)/t27-,29?,30?,32?,33?,36?;21-;/m00./s1. The van der Waals surface area contributed by atoms with Gasteiger partial charge in [-0.15, -0.1) is 0 Å². The molecule has 2 aliphatic heterocycles. The fourth-order valence-electron chi connectivity index (χ4n) is 21.6. The van der Waals surface area contributed by atoms with E-state index in [1.165, 1.54) is 64.2 Å². The highest BCUT2D eigenvalue weighted by Gasteiger charge is 2.50. The molecule has 2 aromatic carbocycles. The van der Waals surface area contributed by atoms with Crippen LogP contribution in [0.5, 0.6) is 0 Å². The van der Waals surface area contributed by atoms with Crippen molar-refractivity contribution in [2.75, 3.05) is 52.4 Å². The van der Waals surface area contributed by atoms with Gasteiger partial charge < -0.3 is 35.1 Å². The van der Waals surface area contributed by atoms with E-state index in [2.05, 4.69) is 100 Å². The molecular formula is C82H112N6O7. The number of carbonyl (C=O) groups is 6. The molecule has 1 amide bonds. The fourth-order valence-corrected chi connectivity index (χ4v) is 21.6. The second-order valence-corrected chi connectivity index (χ2v) is 32.0. The third-order valence-corrected chi connectivity index (χ3v) is 25.8. The zero-order valence-electron chi connectivity index (χ0n) is 58.8. The lowest BCUT2D eigenvalue weighted by Gasteiger charge is -2.54. The quantitative estimate of drug-likeness (QED) is 0.0681. The third kappa shape index (κ3) is 15.2. The number of carboxylic acids is 1. The number of hydrogen-bond acceptors (Lipinski definition) is 9. The van der Waals surface area contributed by atoms with Crippen LogP contribution >= 0.6 is 0 Å². The molecule has 4 N–H and O–H groups in total. The van der Waals surface area contributed by atoms with E-state index in [0.29, 0.717) is 81.2 Å². The largest absolute Gasteiger partial charge is 0.481 e. The minimum atomic E-state index is -0.581. The maximum absolute atomic E-state index is 13.8. The summed E-state index contributed by atoms with van der Waals surface area (Å²) in [6, 6.07) is 17.2. The molecule has 8 saturated carbocycles. The number of rotatable bonds is 21. The average molecular weight is 1290 g/mol. The monoisotopic (exact) mass is 1290 g/mol. The van der Waals surface area contributed by atoms with Crippen LogP contribution < -0.4 is 11.1 Å². The zero-order chi connectivity index (χ0) is 66.9. The summed E-state index contributed by atoms with van der Waals surface area (Å²) in [4.78, 5) is 81.3. The Morgan fingerprint density at radius 3 is 1.29 bits per heavy atom.